The lowest BCUT2D eigenvalue weighted by atomic mass is 10.1. The second-order valence-corrected chi connectivity index (χ2v) is 4.07. The molecule has 1 aromatic carbocycles. The van der Waals surface area contributed by atoms with Crippen molar-refractivity contribution in [3.63, 3.8) is 0 Å². The van der Waals surface area contributed by atoms with Gasteiger partial charge in [0, 0.05) is 23.5 Å². The molecule has 4 nitrogen and oxygen atoms in total. The highest BCUT2D eigenvalue weighted by atomic mass is 19.1. The van der Waals surface area contributed by atoms with Gasteiger partial charge < -0.3 is 5.11 Å². The second-order valence-electron chi connectivity index (χ2n) is 4.07. The van der Waals surface area contributed by atoms with Gasteiger partial charge in [-0.3, -0.25) is 10.1 Å². The van der Waals surface area contributed by atoms with Gasteiger partial charge in [-0.15, -0.1) is 0 Å². The van der Waals surface area contributed by atoms with E-state index in [2.05, 4.69) is 15.2 Å². The highest BCUT2D eigenvalue weighted by Gasteiger charge is 2.08. The van der Waals surface area contributed by atoms with E-state index < -0.39 is 5.82 Å². The van der Waals surface area contributed by atoms with Gasteiger partial charge in [0.1, 0.15) is 0 Å². The Kier molecular flexibility index (Phi) is 2.72. The van der Waals surface area contributed by atoms with Crippen molar-refractivity contribution in [2.24, 2.45) is 0 Å². The molecule has 0 unspecified atom stereocenters. The first-order chi connectivity index (χ1) is 9.24. The Bertz CT molecular complexity index is 710. The monoisotopic (exact) mass is 255 g/mol. The fourth-order valence-electron chi connectivity index (χ4n) is 1.81. The van der Waals surface area contributed by atoms with Crippen LogP contribution in [0, 0.1) is 5.82 Å². The molecule has 0 aliphatic carbocycles. The standard InChI is InChI=1S/C14H10FN3O/c15-11-4-3-9(6-14(11)19)12-7-13(18-17-12)10-2-1-5-16-8-10/h1-8,19H,(H,17,18). The molecule has 2 aromatic heterocycles. The predicted molar refractivity (Wildman–Crippen MR) is 68.9 cm³/mol. The van der Waals surface area contributed by atoms with Gasteiger partial charge in [0.05, 0.1) is 11.4 Å². The fourth-order valence-corrected chi connectivity index (χ4v) is 1.81. The van der Waals surface area contributed by atoms with Crippen molar-refractivity contribution < 1.29 is 9.50 Å². The summed E-state index contributed by atoms with van der Waals surface area (Å²) in [4.78, 5) is 4.03. The first-order valence-corrected chi connectivity index (χ1v) is 5.69. The van der Waals surface area contributed by atoms with E-state index in [1.54, 1.807) is 18.5 Å². The van der Waals surface area contributed by atoms with Gasteiger partial charge in [-0.1, -0.05) is 0 Å². The molecule has 0 atom stereocenters. The Morgan fingerprint density at radius 3 is 2.74 bits per heavy atom. The topological polar surface area (TPSA) is 61.8 Å². The molecule has 2 N–H and O–H groups in total. The third-order valence-corrected chi connectivity index (χ3v) is 2.79. The number of phenolic OH excluding ortho intramolecular Hbond substituents is 1. The van der Waals surface area contributed by atoms with Crippen LogP contribution in [0.25, 0.3) is 22.5 Å². The highest BCUT2D eigenvalue weighted by Crippen LogP contribution is 2.26. The maximum Gasteiger partial charge on any atom is 0.164 e. The van der Waals surface area contributed by atoms with Gasteiger partial charge in [0.2, 0.25) is 0 Å². The van der Waals surface area contributed by atoms with Gasteiger partial charge in [-0.05, 0) is 36.4 Å². The number of aromatic nitrogens is 3. The van der Waals surface area contributed by atoms with Crippen molar-refractivity contribution in [1.29, 1.82) is 0 Å². The van der Waals surface area contributed by atoms with Crippen LogP contribution in [0.15, 0.2) is 48.8 Å². The van der Waals surface area contributed by atoms with Crippen molar-refractivity contribution in [1.82, 2.24) is 15.2 Å². The summed E-state index contributed by atoms with van der Waals surface area (Å²) in [6, 6.07) is 9.70. The number of H-pyrrole nitrogens is 1. The Morgan fingerprint density at radius 1 is 1.11 bits per heavy atom. The number of rotatable bonds is 2. The number of aromatic amines is 1. The lowest BCUT2D eigenvalue weighted by Gasteiger charge is -1.99. The van der Waals surface area contributed by atoms with Crippen LogP contribution in [0.2, 0.25) is 0 Å². The van der Waals surface area contributed by atoms with Crippen LogP contribution in [-0.4, -0.2) is 20.3 Å². The van der Waals surface area contributed by atoms with Gasteiger partial charge >= 0.3 is 0 Å². The summed E-state index contributed by atoms with van der Waals surface area (Å²) in [5, 5.41) is 16.4. The van der Waals surface area contributed by atoms with E-state index in [1.807, 2.05) is 18.2 Å². The number of pyridine rings is 1. The van der Waals surface area contributed by atoms with Crippen molar-refractivity contribution in [2.75, 3.05) is 0 Å². The van der Waals surface area contributed by atoms with Crippen LogP contribution in [-0.2, 0) is 0 Å². The summed E-state index contributed by atoms with van der Waals surface area (Å²) < 4.78 is 13.0. The summed E-state index contributed by atoms with van der Waals surface area (Å²) in [5.74, 6) is -1.02. The number of aromatic hydroxyl groups is 1. The normalized spacial score (nSPS) is 10.6. The summed E-state index contributed by atoms with van der Waals surface area (Å²) >= 11 is 0. The van der Waals surface area contributed by atoms with Crippen molar-refractivity contribution in [3.8, 4) is 28.3 Å². The van der Waals surface area contributed by atoms with Crippen LogP contribution in [0.3, 0.4) is 0 Å². The van der Waals surface area contributed by atoms with Gasteiger partial charge in [-0.25, -0.2) is 4.39 Å². The molecule has 0 saturated carbocycles. The van der Waals surface area contributed by atoms with E-state index >= 15 is 0 Å². The predicted octanol–water partition coefficient (Wildman–Crippen LogP) is 2.98. The third-order valence-electron chi connectivity index (χ3n) is 2.79. The fraction of sp³-hybridized carbons (Fsp3) is 0. The Balaban J connectivity index is 1.99. The van der Waals surface area contributed by atoms with E-state index in [9.17, 15) is 9.50 Å². The Morgan fingerprint density at radius 2 is 2.00 bits per heavy atom. The van der Waals surface area contributed by atoms with Crippen molar-refractivity contribution in [3.05, 3.63) is 54.6 Å². The minimum atomic E-state index is -0.643. The van der Waals surface area contributed by atoms with Crippen LogP contribution in [0.1, 0.15) is 0 Å². The quantitative estimate of drug-likeness (QED) is 0.740. The molecule has 19 heavy (non-hydrogen) atoms. The Labute approximate surface area is 108 Å². The van der Waals surface area contributed by atoms with Crippen LogP contribution >= 0.6 is 0 Å². The van der Waals surface area contributed by atoms with Crippen molar-refractivity contribution >= 4 is 0 Å². The lowest BCUT2D eigenvalue weighted by molar-refractivity contribution is 0.432. The van der Waals surface area contributed by atoms with Gasteiger partial charge in [-0.2, -0.15) is 5.10 Å². The molecule has 5 heteroatoms. The third kappa shape index (κ3) is 2.18. The van der Waals surface area contributed by atoms with E-state index in [0.717, 1.165) is 11.3 Å². The van der Waals surface area contributed by atoms with E-state index in [4.69, 9.17) is 0 Å². The maximum atomic E-state index is 13.0. The lowest BCUT2D eigenvalue weighted by Crippen LogP contribution is -1.80. The molecule has 0 radical (unpaired) electrons. The molecule has 0 aliphatic heterocycles. The Hall–Kier alpha value is -2.69. The average molecular weight is 255 g/mol. The highest BCUT2D eigenvalue weighted by molar-refractivity contribution is 5.68. The van der Waals surface area contributed by atoms with Gasteiger partial charge in [0.25, 0.3) is 0 Å². The first kappa shape index (κ1) is 11.4. The molecule has 3 rings (SSSR count). The first-order valence-electron chi connectivity index (χ1n) is 5.69. The SMILES string of the molecule is Oc1cc(-c2cc(-c3cccnc3)n[nH]2)ccc1F. The van der Waals surface area contributed by atoms with Crippen LogP contribution < -0.4 is 0 Å². The molecule has 3 aromatic rings. The minimum absolute atomic E-state index is 0.380. The smallest absolute Gasteiger partial charge is 0.164 e. The number of nitrogens with zero attached hydrogens (tertiary/aromatic N) is 2. The molecule has 0 amide bonds. The molecule has 2 heterocycles. The van der Waals surface area contributed by atoms with E-state index in [1.165, 1.54) is 12.1 Å². The number of hydrogen-bond acceptors (Lipinski definition) is 3. The number of phenols is 1. The van der Waals surface area contributed by atoms with E-state index in [-0.39, 0.29) is 5.75 Å². The molecular weight excluding hydrogens is 245 g/mol. The molecule has 0 fully saturated rings. The van der Waals surface area contributed by atoms with E-state index in [0.29, 0.717) is 11.3 Å². The zero-order chi connectivity index (χ0) is 13.2. The van der Waals surface area contributed by atoms with Crippen molar-refractivity contribution in [2.45, 2.75) is 0 Å². The van der Waals surface area contributed by atoms with Crippen LogP contribution in [0.4, 0.5) is 4.39 Å². The molecule has 0 saturated heterocycles. The summed E-state index contributed by atoms with van der Waals surface area (Å²) in [5.41, 5.74) is 3.00. The summed E-state index contributed by atoms with van der Waals surface area (Å²) in [6.45, 7) is 0. The zero-order valence-corrected chi connectivity index (χ0v) is 9.84. The average Bonchev–Trinajstić information content (AvgIpc) is 2.93. The number of nitrogens with one attached hydrogen (secondary N) is 1. The minimum Gasteiger partial charge on any atom is -0.505 e. The second kappa shape index (κ2) is 4.53. The molecule has 0 aliphatic rings. The summed E-state index contributed by atoms with van der Waals surface area (Å²) in [6.07, 6.45) is 3.40. The molecule has 0 bridgehead atoms. The largest absolute Gasteiger partial charge is 0.505 e. The summed E-state index contributed by atoms with van der Waals surface area (Å²) in [7, 11) is 0. The zero-order valence-electron chi connectivity index (χ0n) is 9.84. The number of hydrogen-bond donors (Lipinski definition) is 2. The maximum absolute atomic E-state index is 13.0. The number of benzene rings is 1. The number of halogens is 1. The molecule has 94 valence electrons. The molecule has 0 spiro atoms. The van der Waals surface area contributed by atoms with Gasteiger partial charge in [0.15, 0.2) is 11.6 Å². The van der Waals surface area contributed by atoms with Crippen LogP contribution in [0.5, 0.6) is 5.75 Å². The molecular formula is C14H10FN3O.